The van der Waals surface area contributed by atoms with Crippen molar-refractivity contribution >= 4 is 5.91 Å². The molecule has 1 aliphatic heterocycles. The molecular weight excluding hydrogens is 302 g/mol. The van der Waals surface area contributed by atoms with Gasteiger partial charge in [0.15, 0.2) is 0 Å². The molecule has 5 heteroatoms. The van der Waals surface area contributed by atoms with Gasteiger partial charge in [-0.05, 0) is 43.4 Å². The molecule has 0 N–H and O–H groups in total. The molecule has 1 amide bonds. The van der Waals surface area contributed by atoms with Gasteiger partial charge in [0, 0.05) is 31.8 Å². The predicted molar refractivity (Wildman–Crippen MR) is 92.8 cm³/mol. The molecule has 0 aliphatic carbocycles. The number of methoxy groups -OCH3 is 1. The third-order valence-electron chi connectivity index (χ3n) is 4.70. The zero-order chi connectivity index (χ0) is 16.9. The minimum atomic E-state index is 0.201. The molecule has 1 unspecified atom stereocenters. The third kappa shape index (κ3) is 3.78. The maximum Gasteiger partial charge on any atom is 0.223 e. The van der Waals surface area contributed by atoms with Crippen LogP contribution in [0.15, 0.2) is 36.7 Å². The summed E-state index contributed by atoms with van der Waals surface area (Å²) in [5.74, 6) is 1.13. The quantitative estimate of drug-likeness (QED) is 0.819. The van der Waals surface area contributed by atoms with Gasteiger partial charge in [-0.15, -0.1) is 0 Å². The molecule has 0 spiro atoms. The van der Waals surface area contributed by atoms with Crippen LogP contribution >= 0.6 is 0 Å². The number of hydrogen-bond donors (Lipinski definition) is 0. The standard InChI is InChI=1S/C19H25N3O2/c1-21-14-16(13-20-21)18-6-4-12-22(18)19(23)7-3-5-15-8-10-17(24-2)11-9-15/h8-11,13-14,18H,3-7,12H2,1-2H3. The second kappa shape index (κ2) is 7.51. The van der Waals surface area contributed by atoms with Gasteiger partial charge in [0.25, 0.3) is 0 Å². The van der Waals surface area contributed by atoms with E-state index in [2.05, 4.69) is 17.2 Å². The molecule has 1 aliphatic rings. The molecule has 1 aromatic carbocycles. The van der Waals surface area contributed by atoms with Crippen molar-refractivity contribution in [2.45, 2.75) is 38.1 Å². The smallest absolute Gasteiger partial charge is 0.223 e. The second-order valence-corrected chi connectivity index (χ2v) is 6.39. The summed E-state index contributed by atoms with van der Waals surface area (Å²) in [4.78, 5) is 14.6. The van der Waals surface area contributed by atoms with Crippen LogP contribution in [0.2, 0.25) is 0 Å². The van der Waals surface area contributed by atoms with Crippen molar-refractivity contribution in [1.82, 2.24) is 14.7 Å². The number of aryl methyl sites for hydroxylation is 2. The lowest BCUT2D eigenvalue weighted by atomic mass is 10.1. The Morgan fingerprint density at radius 2 is 2.12 bits per heavy atom. The first-order chi connectivity index (χ1) is 11.7. The Hall–Kier alpha value is -2.30. The van der Waals surface area contributed by atoms with Crippen molar-refractivity contribution in [3.05, 3.63) is 47.8 Å². The monoisotopic (exact) mass is 327 g/mol. The molecule has 5 nitrogen and oxygen atoms in total. The van der Waals surface area contributed by atoms with Gasteiger partial charge < -0.3 is 9.64 Å². The molecule has 1 atom stereocenters. The largest absolute Gasteiger partial charge is 0.497 e. The SMILES string of the molecule is COc1ccc(CCCC(=O)N2CCCC2c2cnn(C)c2)cc1. The lowest BCUT2D eigenvalue weighted by Gasteiger charge is -2.24. The fourth-order valence-electron chi connectivity index (χ4n) is 3.40. The number of carbonyl (C=O) groups is 1. The highest BCUT2D eigenvalue weighted by atomic mass is 16.5. The van der Waals surface area contributed by atoms with Crippen molar-refractivity contribution in [2.24, 2.45) is 7.05 Å². The highest BCUT2D eigenvalue weighted by Crippen LogP contribution is 2.32. The lowest BCUT2D eigenvalue weighted by molar-refractivity contribution is -0.132. The molecule has 0 saturated carbocycles. The van der Waals surface area contributed by atoms with E-state index in [0.717, 1.165) is 43.5 Å². The maximum atomic E-state index is 12.6. The van der Waals surface area contributed by atoms with E-state index in [4.69, 9.17) is 4.74 Å². The van der Waals surface area contributed by atoms with Crippen LogP contribution in [-0.2, 0) is 18.3 Å². The molecule has 1 fully saturated rings. The Morgan fingerprint density at radius 1 is 1.33 bits per heavy atom. The van der Waals surface area contributed by atoms with Crippen LogP contribution in [0, 0.1) is 0 Å². The third-order valence-corrected chi connectivity index (χ3v) is 4.70. The van der Waals surface area contributed by atoms with Crippen LogP contribution in [0.3, 0.4) is 0 Å². The van der Waals surface area contributed by atoms with Gasteiger partial charge in [0.05, 0.1) is 19.3 Å². The van der Waals surface area contributed by atoms with E-state index in [9.17, 15) is 4.79 Å². The number of aromatic nitrogens is 2. The summed E-state index contributed by atoms with van der Waals surface area (Å²) in [6.07, 6.45) is 8.41. The molecule has 24 heavy (non-hydrogen) atoms. The maximum absolute atomic E-state index is 12.6. The number of amides is 1. The van der Waals surface area contributed by atoms with Gasteiger partial charge >= 0.3 is 0 Å². The summed E-state index contributed by atoms with van der Waals surface area (Å²) in [5, 5.41) is 4.24. The summed E-state index contributed by atoms with van der Waals surface area (Å²) in [5.41, 5.74) is 2.40. The molecule has 0 bridgehead atoms. The summed E-state index contributed by atoms with van der Waals surface area (Å²) >= 11 is 0. The van der Waals surface area contributed by atoms with E-state index in [1.54, 1.807) is 11.8 Å². The molecule has 2 aromatic rings. The molecule has 128 valence electrons. The Morgan fingerprint density at radius 3 is 2.79 bits per heavy atom. The van der Waals surface area contributed by atoms with E-state index >= 15 is 0 Å². The van der Waals surface area contributed by atoms with Gasteiger partial charge in [-0.3, -0.25) is 9.48 Å². The number of ether oxygens (including phenoxy) is 1. The van der Waals surface area contributed by atoms with E-state index in [-0.39, 0.29) is 11.9 Å². The van der Waals surface area contributed by atoms with Crippen LogP contribution in [0.5, 0.6) is 5.75 Å². The summed E-state index contributed by atoms with van der Waals surface area (Å²) in [6, 6.07) is 8.27. The average molecular weight is 327 g/mol. The van der Waals surface area contributed by atoms with Crippen LogP contribution in [0.1, 0.15) is 42.9 Å². The van der Waals surface area contributed by atoms with Crippen LogP contribution in [-0.4, -0.2) is 34.2 Å². The number of benzene rings is 1. The molecule has 1 aromatic heterocycles. The van der Waals surface area contributed by atoms with E-state index < -0.39 is 0 Å². The van der Waals surface area contributed by atoms with E-state index in [0.29, 0.717) is 6.42 Å². The first-order valence-corrected chi connectivity index (χ1v) is 8.58. The Kier molecular flexibility index (Phi) is 5.18. The number of nitrogens with zero attached hydrogens (tertiary/aromatic N) is 3. The fourth-order valence-corrected chi connectivity index (χ4v) is 3.40. The van der Waals surface area contributed by atoms with Crippen LogP contribution in [0.25, 0.3) is 0 Å². The van der Waals surface area contributed by atoms with Gasteiger partial charge in [-0.1, -0.05) is 12.1 Å². The topological polar surface area (TPSA) is 47.4 Å². The molecule has 1 saturated heterocycles. The molecular formula is C19H25N3O2. The van der Waals surface area contributed by atoms with Gasteiger partial charge in [-0.2, -0.15) is 5.10 Å². The highest BCUT2D eigenvalue weighted by molar-refractivity contribution is 5.77. The number of likely N-dealkylation sites (tertiary alicyclic amines) is 1. The number of hydrogen-bond acceptors (Lipinski definition) is 3. The van der Waals surface area contributed by atoms with Gasteiger partial charge in [0.2, 0.25) is 5.91 Å². The zero-order valence-electron chi connectivity index (χ0n) is 14.4. The van der Waals surface area contributed by atoms with Crippen LogP contribution < -0.4 is 4.74 Å². The Bertz CT molecular complexity index is 678. The zero-order valence-corrected chi connectivity index (χ0v) is 14.4. The van der Waals surface area contributed by atoms with Gasteiger partial charge in [0.1, 0.15) is 5.75 Å². The van der Waals surface area contributed by atoms with Crippen molar-refractivity contribution in [3.8, 4) is 5.75 Å². The Balaban J connectivity index is 1.52. The van der Waals surface area contributed by atoms with E-state index in [1.165, 1.54) is 5.56 Å². The first-order valence-electron chi connectivity index (χ1n) is 8.58. The van der Waals surface area contributed by atoms with Gasteiger partial charge in [-0.25, -0.2) is 0 Å². The molecule has 0 radical (unpaired) electrons. The van der Waals surface area contributed by atoms with Crippen molar-refractivity contribution in [3.63, 3.8) is 0 Å². The minimum Gasteiger partial charge on any atom is -0.497 e. The Labute approximate surface area is 143 Å². The minimum absolute atomic E-state index is 0.201. The fraction of sp³-hybridized carbons (Fsp3) is 0.474. The van der Waals surface area contributed by atoms with Crippen molar-refractivity contribution < 1.29 is 9.53 Å². The molecule has 2 heterocycles. The number of carbonyl (C=O) groups excluding carboxylic acids is 1. The molecule has 3 rings (SSSR count). The van der Waals surface area contributed by atoms with Crippen molar-refractivity contribution in [2.75, 3.05) is 13.7 Å². The van der Waals surface area contributed by atoms with E-state index in [1.807, 2.05) is 36.5 Å². The normalized spacial score (nSPS) is 17.2. The predicted octanol–water partition coefficient (Wildman–Crippen LogP) is 3.12. The summed E-state index contributed by atoms with van der Waals surface area (Å²) in [6.45, 7) is 0.862. The average Bonchev–Trinajstić information content (AvgIpc) is 3.24. The second-order valence-electron chi connectivity index (χ2n) is 6.39. The number of rotatable bonds is 6. The van der Waals surface area contributed by atoms with Crippen LogP contribution in [0.4, 0.5) is 0 Å². The highest BCUT2D eigenvalue weighted by Gasteiger charge is 2.30. The summed E-state index contributed by atoms with van der Waals surface area (Å²) in [7, 11) is 3.59. The van der Waals surface area contributed by atoms with Crippen molar-refractivity contribution in [1.29, 1.82) is 0 Å². The summed E-state index contributed by atoms with van der Waals surface area (Å²) < 4.78 is 6.97. The lowest BCUT2D eigenvalue weighted by Crippen LogP contribution is -2.30. The first kappa shape index (κ1) is 16.6.